The molecule has 0 saturated carbocycles. The first-order valence-electron chi connectivity index (χ1n) is 6.11. The molecule has 3 aromatic rings. The fraction of sp³-hybridized carbons (Fsp3) is 0.200. The highest BCUT2D eigenvalue weighted by Gasteiger charge is 2.06. The van der Waals surface area contributed by atoms with Crippen molar-refractivity contribution in [3.63, 3.8) is 0 Å². The number of para-hydroxylation sites is 1. The monoisotopic (exact) mass is 256 g/mol. The molecule has 1 aromatic carbocycles. The van der Waals surface area contributed by atoms with Gasteiger partial charge in [-0.15, -0.1) is 0 Å². The van der Waals surface area contributed by atoms with Gasteiger partial charge in [0.05, 0.1) is 5.52 Å². The second-order valence-electron chi connectivity index (χ2n) is 4.46. The minimum atomic E-state index is 0.908. The molecule has 0 amide bonds. The van der Waals surface area contributed by atoms with Crippen molar-refractivity contribution in [2.75, 3.05) is 7.05 Å². The summed E-state index contributed by atoms with van der Waals surface area (Å²) < 4.78 is 2.34. The van der Waals surface area contributed by atoms with Crippen molar-refractivity contribution >= 4 is 22.2 Å². The van der Waals surface area contributed by atoms with Gasteiger partial charge in [-0.3, -0.25) is 0 Å². The third-order valence-electron chi connectivity index (χ3n) is 3.17. The smallest absolute Gasteiger partial charge is 0.0529 e. The average Bonchev–Trinajstić information content (AvgIpc) is 3.01. The van der Waals surface area contributed by atoms with Crippen molar-refractivity contribution in [3.8, 4) is 0 Å². The Morgan fingerprint density at radius 3 is 2.94 bits per heavy atom. The van der Waals surface area contributed by atoms with Crippen LogP contribution in [-0.4, -0.2) is 11.6 Å². The molecular weight excluding hydrogens is 240 g/mol. The van der Waals surface area contributed by atoms with Crippen LogP contribution >= 0.6 is 11.3 Å². The molecule has 0 radical (unpaired) electrons. The molecule has 0 aliphatic heterocycles. The van der Waals surface area contributed by atoms with E-state index in [0.29, 0.717) is 0 Å². The second-order valence-corrected chi connectivity index (χ2v) is 5.24. The van der Waals surface area contributed by atoms with Crippen LogP contribution in [0.3, 0.4) is 0 Å². The molecule has 0 bridgehead atoms. The zero-order valence-corrected chi connectivity index (χ0v) is 11.2. The largest absolute Gasteiger partial charge is 0.343 e. The minimum absolute atomic E-state index is 0.908. The van der Waals surface area contributed by atoms with Gasteiger partial charge in [-0.25, -0.2) is 0 Å². The maximum atomic E-state index is 3.24. The van der Waals surface area contributed by atoms with Gasteiger partial charge in [-0.2, -0.15) is 11.3 Å². The molecule has 0 aliphatic rings. The molecule has 0 saturated heterocycles. The SMILES string of the molecule is CNCc1cccc2ccn(Cc3ccsc3)c12. The molecular formula is C15H16N2S. The first-order valence-corrected chi connectivity index (χ1v) is 7.05. The summed E-state index contributed by atoms with van der Waals surface area (Å²) in [6.07, 6.45) is 2.18. The van der Waals surface area contributed by atoms with E-state index >= 15 is 0 Å². The average molecular weight is 256 g/mol. The van der Waals surface area contributed by atoms with Gasteiger partial charge in [0.15, 0.2) is 0 Å². The number of hydrogen-bond acceptors (Lipinski definition) is 2. The summed E-state index contributed by atoms with van der Waals surface area (Å²) in [7, 11) is 1.99. The van der Waals surface area contributed by atoms with Crippen LogP contribution in [0.1, 0.15) is 11.1 Å². The van der Waals surface area contributed by atoms with Gasteiger partial charge in [0.2, 0.25) is 0 Å². The summed E-state index contributed by atoms with van der Waals surface area (Å²) in [5.41, 5.74) is 4.07. The van der Waals surface area contributed by atoms with E-state index in [0.717, 1.165) is 13.1 Å². The number of fused-ring (bicyclic) bond motifs is 1. The van der Waals surface area contributed by atoms with E-state index in [1.54, 1.807) is 11.3 Å². The zero-order valence-electron chi connectivity index (χ0n) is 10.4. The summed E-state index contributed by atoms with van der Waals surface area (Å²) in [5.74, 6) is 0. The lowest BCUT2D eigenvalue weighted by Crippen LogP contribution is -2.07. The van der Waals surface area contributed by atoms with E-state index < -0.39 is 0 Å². The van der Waals surface area contributed by atoms with Gasteiger partial charge in [0, 0.05) is 19.3 Å². The van der Waals surface area contributed by atoms with Crippen LogP contribution in [-0.2, 0) is 13.1 Å². The quantitative estimate of drug-likeness (QED) is 0.756. The molecule has 0 atom stereocenters. The number of aromatic nitrogens is 1. The maximum absolute atomic E-state index is 3.24. The summed E-state index contributed by atoms with van der Waals surface area (Å²) in [4.78, 5) is 0. The van der Waals surface area contributed by atoms with Crippen LogP contribution in [0, 0.1) is 0 Å². The molecule has 0 fully saturated rings. The Balaban J connectivity index is 2.06. The van der Waals surface area contributed by atoms with Crippen LogP contribution in [0.25, 0.3) is 10.9 Å². The standard InChI is InChI=1S/C15H16N2S/c1-16-9-14-4-2-3-13-5-7-17(15(13)14)10-12-6-8-18-11-12/h2-8,11,16H,9-10H2,1H3. The number of thiophene rings is 1. The molecule has 18 heavy (non-hydrogen) atoms. The Kier molecular flexibility index (Phi) is 3.17. The van der Waals surface area contributed by atoms with Gasteiger partial charge in [0.25, 0.3) is 0 Å². The van der Waals surface area contributed by atoms with Gasteiger partial charge in [0.1, 0.15) is 0 Å². The molecule has 1 N–H and O–H groups in total. The number of hydrogen-bond donors (Lipinski definition) is 1. The number of nitrogens with one attached hydrogen (secondary N) is 1. The molecule has 92 valence electrons. The second kappa shape index (κ2) is 4.96. The Morgan fingerprint density at radius 2 is 2.17 bits per heavy atom. The highest BCUT2D eigenvalue weighted by Crippen LogP contribution is 2.22. The normalized spacial score (nSPS) is 11.2. The van der Waals surface area contributed by atoms with Crippen LogP contribution < -0.4 is 5.32 Å². The highest BCUT2D eigenvalue weighted by molar-refractivity contribution is 7.07. The Morgan fingerprint density at radius 1 is 1.22 bits per heavy atom. The van der Waals surface area contributed by atoms with Gasteiger partial charge < -0.3 is 9.88 Å². The Hall–Kier alpha value is -1.58. The van der Waals surface area contributed by atoms with E-state index in [1.165, 1.54) is 22.0 Å². The molecule has 3 rings (SSSR count). The number of nitrogens with zero attached hydrogens (tertiary/aromatic N) is 1. The third-order valence-corrected chi connectivity index (χ3v) is 3.90. The highest BCUT2D eigenvalue weighted by atomic mass is 32.1. The topological polar surface area (TPSA) is 17.0 Å². The Labute approximate surface area is 111 Å². The van der Waals surface area contributed by atoms with Gasteiger partial charge in [-0.1, -0.05) is 18.2 Å². The van der Waals surface area contributed by atoms with Crippen molar-refractivity contribution in [1.82, 2.24) is 9.88 Å². The molecule has 2 heterocycles. The summed E-state index contributed by atoms with van der Waals surface area (Å²) in [5, 5.41) is 8.91. The summed E-state index contributed by atoms with van der Waals surface area (Å²) in [6.45, 7) is 1.86. The van der Waals surface area contributed by atoms with E-state index in [-0.39, 0.29) is 0 Å². The molecule has 3 heteroatoms. The van der Waals surface area contributed by atoms with Gasteiger partial charge >= 0.3 is 0 Å². The van der Waals surface area contributed by atoms with Crippen LogP contribution in [0.15, 0.2) is 47.3 Å². The molecule has 0 spiro atoms. The number of benzene rings is 1. The lowest BCUT2D eigenvalue weighted by atomic mass is 10.1. The zero-order chi connectivity index (χ0) is 12.4. The molecule has 0 aliphatic carbocycles. The lowest BCUT2D eigenvalue weighted by Gasteiger charge is -2.09. The van der Waals surface area contributed by atoms with Crippen LogP contribution in [0.2, 0.25) is 0 Å². The van der Waals surface area contributed by atoms with E-state index in [1.807, 2.05) is 7.05 Å². The Bertz CT molecular complexity index is 638. The fourth-order valence-corrected chi connectivity index (χ4v) is 3.04. The van der Waals surface area contributed by atoms with Crippen molar-refractivity contribution in [2.24, 2.45) is 0 Å². The third kappa shape index (κ3) is 2.07. The fourth-order valence-electron chi connectivity index (χ4n) is 2.38. The first kappa shape index (κ1) is 11.5. The first-order chi connectivity index (χ1) is 8.88. The van der Waals surface area contributed by atoms with Gasteiger partial charge in [-0.05, 0) is 46.5 Å². The van der Waals surface area contributed by atoms with Crippen molar-refractivity contribution in [2.45, 2.75) is 13.1 Å². The summed E-state index contributed by atoms with van der Waals surface area (Å²) >= 11 is 1.76. The lowest BCUT2D eigenvalue weighted by molar-refractivity contribution is 0.797. The summed E-state index contributed by atoms with van der Waals surface area (Å²) in [6, 6.07) is 10.9. The molecule has 2 nitrogen and oxygen atoms in total. The minimum Gasteiger partial charge on any atom is -0.343 e. The van der Waals surface area contributed by atoms with Crippen LogP contribution in [0.4, 0.5) is 0 Å². The molecule has 0 unspecified atom stereocenters. The predicted molar refractivity (Wildman–Crippen MR) is 78.1 cm³/mol. The van der Waals surface area contributed by atoms with Crippen molar-refractivity contribution < 1.29 is 0 Å². The maximum Gasteiger partial charge on any atom is 0.0529 e. The van der Waals surface area contributed by atoms with Crippen molar-refractivity contribution in [3.05, 3.63) is 58.4 Å². The van der Waals surface area contributed by atoms with Crippen molar-refractivity contribution in [1.29, 1.82) is 0 Å². The predicted octanol–water partition coefficient (Wildman–Crippen LogP) is 3.47. The number of rotatable bonds is 4. The van der Waals surface area contributed by atoms with Crippen LogP contribution in [0.5, 0.6) is 0 Å². The van der Waals surface area contributed by atoms with E-state index in [2.05, 4.69) is 57.2 Å². The van der Waals surface area contributed by atoms with E-state index in [4.69, 9.17) is 0 Å². The van der Waals surface area contributed by atoms with E-state index in [9.17, 15) is 0 Å². The molecule has 2 aromatic heterocycles.